The highest BCUT2D eigenvalue weighted by Crippen LogP contribution is 2.44. The number of nitrogens with two attached hydrogens (primary N) is 1. The topological polar surface area (TPSA) is 75.8 Å². The van der Waals surface area contributed by atoms with Crippen LogP contribution in [0.15, 0.2) is 22.7 Å². The van der Waals surface area contributed by atoms with Crippen molar-refractivity contribution in [2.24, 2.45) is 5.73 Å². The molecule has 1 spiro atoms. The lowest BCUT2D eigenvalue weighted by atomic mass is 9.81. The van der Waals surface area contributed by atoms with Crippen LogP contribution in [0, 0.1) is 0 Å². The lowest BCUT2D eigenvalue weighted by Crippen LogP contribution is -2.51. The number of carbonyl (C=O) groups excluding carboxylic acids is 1. The van der Waals surface area contributed by atoms with Gasteiger partial charge in [-0.25, -0.2) is 0 Å². The molecular formula is C15H19BrN2O3. The van der Waals surface area contributed by atoms with E-state index in [0.717, 1.165) is 41.7 Å². The summed E-state index contributed by atoms with van der Waals surface area (Å²) in [6.07, 6.45) is 1.70. The predicted molar refractivity (Wildman–Crippen MR) is 81.9 cm³/mol. The number of hydrogen-bond acceptors (Lipinski definition) is 4. The monoisotopic (exact) mass is 354 g/mol. The maximum atomic E-state index is 11.0. The molecule has 21 heavy (non-hydrogen) atoms. The number of benzene rings is 1. The zero-order chi connectivity index (χ0) is 15.0. The summed E-state index contributed by atoms with van der Waals surface area (Å²) in [7, 11) is 0. The summed E-state index contributed by atoms with van der Waals surface area (Å²) in [5, 5.41) is 10.4. The maximum Gasteiger partial charge on any atom is 0.231 e. The Morgan fingerprint density at radius 3 is 2.86 bits per heavy atom. The molecule has 1 unspecified atom stereocenters. The van der Waals surface area contributed by atoms with Gasteiger partial charge in [0.05, 0.1) is 12.6 Å². The van der Waals surface area contributed by atoms with Crippen LogP contribution in [0.3, 0.4) is 0 Å². The number of nitrogens with zero attached hydrogens (tertiary/aromatic N) is 1. The molecule has 1 amide bonds. The molecule has 3 rings (SSSR count). The van der Waals surface area contributed by atoms with Crippen molar-refractivity contribution in [3.05, 3.63) is 28.2 Å². The number of aliphatic hydroxyl groups excluding tert-OH is 1. The van der Waals surface area contributed by atoms with Gasteiger partial charge < -0.3 is 15.6 Å². The number of fused-ring (bicyclic) bond motifs is 1. The third-order valence-corrected chi connectivity index (χ3v) is 4.87. The number of hydrogen-bond donors (Lipinski definition) is 2. The Hall–Kier alpha value is -1.11. The Labute approximate surface area is 132 Å². The molecule has 0 aromatic heterocycles. The van der Waals surface area contributed by atoms with Gasteiger partial charge in [0.25, 0.3) is 0 Å². The molecule has 1 fully saturated rings. The molecule has 1 atom stereocenters. The van der Waals surface area contributed by atoms with E-state index in [1.54, 1.807) is 0 Å². The van der Waals surface area contributed by atoms with Gasteiger partial charge in [-0.3, -0.25) is 9.69 Å². The van der Waals surface area contributed by atoms with E-state index in [-0.39, 0.29) is 11.5 Å². The van der Waals surface area contributed by atoms with E-state index in [2.05, 4.69) is 15.9 Å². The smallest absolute Gasteiger partial charge is 0.231 e. The molecule has 3 N–H and O–H groups in total. The second kappa shape index (κ2) is 5.59. The van der Waals surface area contributed by atoms with Crippen molar-refractivity contribution in [3.8, 4) is 5.75 Å². The summed E-state index contributed by atoms with van der Waals surface area (Å²) in [6, 6.07) is 5.73. The van der Waals surface area contributed by atoms with Gasteiger partial charge in [0.2, 0.25) is 5.91 Å². The van der Waals surface area contributed by atoms with Crippen LogP contribution in [-0.4, -0.2) is 41.1 Å². The Bertz CT molecular complexity index is 556. The number of ether oxygens (including phenoxy) is 1. The second-order valence-corrected chi connectivity index (χ2v) is 6.85. The fourth-order valence-corrected chi connectivity index (χ4v) is 3.59. The van der Waals surface area contributed by atoms with Gasteiger partial charge in [0.15, 0.2) is 0 Å². The summed E-state index contributed by atoms with van der Waals surface area (Å²) >= 11 is 3.44. The van der Waals surface area contributed by atoms with Crippen LogP contribution in [0.25, 0.3) is 0 Å². The minimum atomic E-state index is -0.496. The van der Waals surface area contributed by atoms with Gasteiger partial charge >= 0.3 is 0 Å². The summed E-state index contributed by atoms with van der Waals surface area (Å²) in [5.74, 6) is 0.455. The highest BCUT2D eigenvalue weighted by molar-refractivity contribution is 9.10. The number of carbonyl (C=O) groups is 1. The molecule has 0 bridgehead atoms. The van der Waals surface area contributed by atoms with Gasteiger partial charge in [-0.05, 0) is 25.0 Å². The van der Waals surface area contributed by atoms with Crippen molar-refractivity contribution in [2.45, 2.75) is 31.0 Å². The molecule has 1 aromatic rings. The second-order valence-electron chi connectivity index (χ2n) is 5.93. The number of halogens is 1. The Morgan fingerprint density at radius 2 is 2.19 bits per heavy atom. The van der Waals surface area contributed by atoms with Gasteiger partial charge in [0.1, 0.15) is 11.4 Å². The molecule has 114 valence electrons. The van der Waals surface area contributed by atoms with Crippen LogP contribution in [-0.2, 0) is 4.79 Å². The number of piperidine rings is 1. The molecule has 1 saturated heterocycles. The molecular weight excluding hydrogens is 336 g/mol. The highest BCUT2D eigenvalue weighted by Gasteiger charge is 2.42. The van der Waals surface area contributed by atoms with E-state index in [9.17, 15) is 9.90 Å². The van der Waals surface area contributed by atoms with Crippen LogP contribution >= 0.6 is 15.9 Å². The summed E-state index contributed by atoms with van der Waals surface area (Å²) < 4.78 is 7.17. The number of amides is 1. The largest absolute Gasteiger partial charge is 0.487 e. The normalized spacial score (nSPS) is 24.4. The van der Waals surface area contributed by atoms with Gasteiger partial charge in [-0.2, -0.15) is 0 Å². The quantitative estimate of drug-likeness (QED) is 0.845. The van der Waals surface area contributed by atoms with E-state index in [4.69, 9.17) is 10.5 Å². The van der Waals surface area contributed by atoms with E-state index in [1.807, 2.05) is 23.1 Å². The first kappa shape index (κ1) is 14.8. The first-order valence-corrected chi connectivity index (χ1v) is 7.94. The highest BCUT2D eigenvalue weighted by atomic mass is 79.9. The van der Waals surface area contributed by atoms with Crippen LogP contribution in [0.4, 0.5) is 0 Å². The molecule has 6 heteroatoms. The zero-order valence-corrected chi connectivity index (χ0v) is 13.3. The van der Waals surface area contributed by atoms with Crippen molar-refractivity contribution in [2.75, 3.05) is 19.6 Å². The third-order valence-electron chi connectivity index (χ3n) is 4.37. The zero-order valence-electron chi connectivity index (χ0n) is 11.7. The molecule has 2 aliphatic rings. The Morgan fingerprint density at radius 1 is 1.48 bits per heavy atom. The first-order valence-electron chi connectivity index (χ1n) is 7.15. The van der Waals surface area contributed by atoms with Crippen LogP contribution < -0.4 is 10.5 Å². The lowest BCUT2D eigenvalue weighted by molar-refractivity contribution is -0.120. The SMILES string of the molecule is NC(=O)CN1CCC2(CC1)CC(O)c1ccc(Br)cc1O2. The van der Waals surface area contributed by atoms with Gasteiger partial charge in [-0.15, -0.1) is 0 Å². The standard InChI is InChI=1S/C15H19BrN2O3/c16-10-1-2-11-12(19)8-15(21-13(11)7-10)3-5-18(6-4-15)9-14(17)20/h1-2,7,12,19H,3-6,8-9H2,(H2,17,20). The van der Waals surface area contributed by atoms with Crippen LogP contribution in [0.1, 0.15) is 30.9 Å². The van der Waals surface area contributed by atoms with Crippen LogP contribution in [0.2, 0.25) is 0 Å². The van der Waals surface area contributed by atoms with Gasteiger partial charge in [0, 0.05) is 29.5 Å². The maximum absolute atomic E-state index is 11.0. The van der Waals surface area contributed by atoms with Crippen LogP contribution in [0.5, 0.6) is 5.75 Å². The molecule has 1 aromatic carbocycles. The molecule has 0 saturated carbocycles. The van der Waals surface area contributed by atoms with Crippen molar-refractivity contribution >= 4 is 21.8 Å². The average molecular weight is 355 g/mol. The fourth-order valence-electron chi connectivity index (χ4n) is 3.25. The summed E-state index contributed by atoms with van der Waals surface area (Å²) in [4.78, 5) is 13.0. The first-order chi connectivity index (χ1) is 9.97. The fraction of sp³-hybridized carbons (Fsp3) is 0.533. The lowest BCUT2D eigenvalue weighted by Gasteiger charge is -2.45. The number of rotatable bonds is 2. The summed E-state index contributed by atoms with van der Waals surface area (Å²) in [6.45, 7) is 1.82. The number of aliphatic hydroxyl groups is 1. The Kier molecular flexibility index (Phi) is 3.94. The van der Waals surface area contributed by atoms with Crippen molar-refractivity contribution < 1.29 is 14.6 Å². The average Bonchev–Trinajstić information content (AvgIpc) is 2.40. The van der Waals surface area contributed by atoms with Crippen molar-refractivity contribution in [1.82, 2.24) is 4.90 Å². The van der Waals surface area contributed by atoms with Gasteiger partial charge in [-0.1, -0.05) is 22.0 Å². The van der Waals surface area contributed by atoms with E-state index in [0.29, 0.717) is 13.0 Å². The van der Waals surface area contributed by atoms with Crippen molar-refractivity contribution in [3.63, 3.8) is 0 Å². The van der Waals surface area contributed by atoms with E-state index in [1.165, 1.54) is 0 Å². The number of likely N-dealkylation sites (tertiary alicyclic amines) is 1. The van der Waals surface area contributed by atoms with Crippen molar-refractivity contribution in [1.29, 1.82) is 0 Å². The summed E-state index contributed by atoms with van der Waals surface area (Å²) in [5.41, 5.74) is 5.76. The van der Waals surface area contributed by atoms with E-state index >= 15 is 0 Å². The Balaban J connectivity index is 1.75. The third kappa shape index (κ3) is 3.07. The van der Waals surface area contributed by atoms with E-state index < -0.39 is 6.10 Å². The molecule has 2 heterocycles. The molecule has 2 aliphatic heterocycles. The minimum absolute atomic E-state index is 0.292. The minimum Gasteiger partial charge on any atom is -0.487 e. The predicted octanol–water partition coefficient (Wildman–Crippen LogP) is 1.58. The molecule has 0 aliphatic carbocycles. The molecule has 5 nitrogen and oxygen atoms in total. The number of primary amides is 1. The molecule has 0 radical (unpaired) electrons.